The van der Waals surface area contributed by atoms with Crippen LogP contribution < -0.4 is 4.74 Å². The van der Waals surface area contributed by atoms with Crippen LogP contribution in [0.4, 0.5) is 0 Å². The molecular formula is C19H25NO4. The van der Waals surface area contributed by atoms with Crippen LogP contribution in [0, 0.1) is 5.92 Å². The van der Waals surface area contributed by atoms with E-state index in [1.54, 1.807) is 0 Å². The van der Waals surface area contributed by atoms with Gasteiger partial charge in [-0.05, 0) is 31.4 Å². The minimum atomic E-state index is -0.109. The Kier molecular flexibility index (Phi) is 4.46. The minimum Gasteiger partial charge on any atom is -0.488 e. The third kappa shape index (κ3) is 3.28. The van der Waals surface area contributed by atoms with Gasteiger partial charge < -0.3 is 19.1 Å². The van der Waals surface area contributed by atoms with E-state index < -0.39 is 0 Å². The van der Waals surface area contributed by atoms with E-state index in [9.17, 15) is 4.79 Å². The van der Waals surface area contributed by atoms with Gasteiger partial charge in [0.25, 0.3) is 0 Å². The van der Waals surface area contributed by atoms with E-state index in [1.165, 1.54) is 0 Å². The SMILES string of the molecule is O=C([C@H]1CCOC1)N1CCC2(CC1)C[C@@H](Oc1ccccc1)CO2. The van der Waals surface area contributed by atoms with Gasteiger partial charge in [-0.25, -0.2) is 0 Å². The Balaban J connectivity index is 1.30. The van der Waals surface area contributed by atoms with Crippen molar-refractivity contribution in [1.82, 2.24) is 4.90 Å². The molecule has 3 saturated heterocycles. The average Bonchev–Trinajstić information content (AvgIpc) is 3.27. The fourth-order valence-electron chi connectivity index (χ4n) is 4.04. The Labute approximate surface area is 142 Å². The molecule has 0 aliphatic carbocycles. The highest BCUT2D eigenvalue weighted by molar-refractivity contribution is 5.79. The number of amides is 1. The van der Waals surface area contributed by atoms with E-state index in [-0.39, 0.29) is 23.5 Å². The second-order valence-electron chi connectivity index (χ2n) is 7.14. The summed E-state index contributed by atoms with van der Waals surface area (Å²) in [5.74, 6) is 1.23. The van der Waals surface area contributed by atoms with Gasteiger partial charge in [0, 0.05) is 26.1 Å². The third-order valence-corrected chi connectivity index (χ3v) is 5.49. The maximum absolute atomic E-state index is 12.5. The van der Waals surface area contributed by atoms with Gasteiger partial charge in [0.15, 0.2) is 0 Å². The molecule has 3 heterocycles. The van der Waals surface area contributed by atoms with Gasteiger partial charge in [0.1, 0.15) is 11.9 Å². The molecule has 1 spiro atoms. The van der Waals surface area contributed by atoms with Crippen LogP contribution in [0.5, 0.6) is 5.75 Å². The molecule has 1 aromatic carbocycles. The lowest BCUT2D eigenvalue weighted by Crippen LogP contribution is -2.48. The van der Waals surface area contributed by atoms with Gasteiger partial charge in [-0.1, -0.05) is 18.2 Å². The summed E-state index contributed by atoms with van der Waals surface area (Å²) in [6, 6.07) is 9.92. The maximum atomic E-state index is 12.5. The number of rotatable bonds is 3. The monoisotopic (exact) mass is 331 g/mol. The van der Waals surface area contributed by atoms with Crippen LogP contribution >= 0.6 is 0 Å². The summed E-state index contributed by atoms with van der Waals surface area (Å²) in [5.41, 5.74) is -0.109. The predicted octanol–water partition coefficient (Wildman–Crippen LogP) is 2.25. The zero-order valence-corrected chi connectivity index (χ0v) is 14.0. The van der Waals surface area contributed by atoms with E-state index in [0.29, 0.717) is 13.2 Å². The number of para-hydroxylation sites is 1. The molecule has 3 aliphatic heterocycles. The Morgan fingerprint density at radius 3 is 2.67 bits per heavy atom. The van der Waals surface area contributed by atoms with Crippen LogP contribution in [0.25, 0.3) is 0 Å². The molecule has 0 N–H and O–H groups in total. The summed E-state index contributed by atoms with van der Waals surface area (Å²) in [6.07, 6.45) is 3.69. The highest BCUT2D eigenvalue weighted by Crippen LogP contribution is 2.37. The smallest absolute Gasteiger partial charge is 0.228 e. The third-order valence-electron chi connectivity index (χ3n) is 5.49. The molecule has 2 atom stereocenters. The lowest BCUT2D eigenvalue weighted by molar-refractivity contribution is -0.140. The van der Waals surface area contributed by atoms with Crippen LogP contribution in [0.2, 0.25) is 0 Å². The molecule has 1 amide bonds. The minimum absolute atomic E-state index is 0.0673. The quantitative estimate of drug-likeness (QED) is 0.852. The van der Waals surface area contributed by atoms with Gasteiger partial charge in [0.05, 0.1) is 24.7 Å². The summed E-state index contributed by atoms with van der Waals surface area (Å²) in [6.45, 7) is 3.51. The molecule has 130 valence electrons. The highest BCUT2D eigenvalue weighted by atomic mass is 16.6. The molecule has 5 nitrogen and oxygen atoms in total. The van der Waals surface area contributed by atoms with Crippen molar-refractivity contribution < 1.29 is 19.0 Å². The normalized spacial score (nSPS) is 29.1. The zero-order valence-electron chi connectivity index (χ0n) is 14.0. The first-order chi connectivity index (χ1) is 11.7. The molecular weight excluding hydrogens is 306 g/mol. The van der Waals surface area contributed by atoms with Gasteiger partial charge in [-0.15, -0.1) is 0 Å². The number of hydrogen-bond donors (Lipinski definition) is 0. The summed E-state index contributed by atoms with van der Waals surface area (Å²) in [7, 11) is 0. The fourth-order valence-corrected chi connectivity index (χ4v) is 4.04. The first kappa shape index (κ1) is 15.9. The summed E-state index contributed by atoms with van der Waals surface area (Å²) >= 11 is 0. The number of ether oxygens (including phenoxy) is 3. The number of hydrogen-bond acceptors (Lipinski definition) is 4. The van der Waals surface area contributed by atoms with Crippen molar-refractivity contribution in [3.05, 3.63) is 30.3 Å². The van der Waals surface area contributed by atoms with Gasteiger partial charge in [-0.3, -0.25) is 4.79 Å². The number of benzene rings is 1. The number of piperidine rings is 1. The first-order valence-corrected chi connectivity index (χ1v) is 8.96. The van der Waals surface area contributed by atoms with Crippen molar-refractivity contribution in [3.63, 3.8) is 0 Å². The molecule has 24 heavy (non-hydrogen) atoms. The average molecular weight is 331 g/mol. The molecule has 0 unspecified atom stereocenters. The topological polar surface area (TPSA) is 48.0 Å². The number of carbonyl (C=O) groups is 1. The van der Waals surface area contributed by atoms with E-state index in [1.807, 2.05) is 35.2 Å². The Bertz CT molecular complexity index is 562. The summed E-state index contributed by atoms with van der Waals surface area (Å²) in [4.78, 5) is 14.5. The maximum Gasteiger partial charge on any atom is 0.228 e. The molecule has 0 bridgehead atoms. The van der Waals surface area contributed by atoms with E-state index >= 15 is 0 Å². The van der Waals surface area contributed by atoms with Gasteiger partial charge in [0.2, 0.25) is 5.91 Å². The van der Waals surface area contributed by atoms with Crippen molar-refractivity contribution in [1.29, 1.82) is 0 Å². The largest absolute Gasteiger partial charge is 0.488 e. The zero-order chi connectivity index (χ0) is 16.4. The number of likely N-dealkylation sites (tertiary alicyclic amines) is 1. The second-order valence-corrected chi connectivity index (χ2v) is 7.14. The molecule has 3 aliphatic rings. The molecule has 0 saturated carbocycles. The van der Waals surface area contributed by atoms with Crippen LogP contribution in [0.3, 0.4) is 0 Å². The molecule has 0 aromatic heterocycles. The Hall–Kier alpha value is -1.59. The van der Waals surface area contributed by atoms with Gasteiger partial charge >= 0.3 is 0 Å². The molecule has 3 fully saturated rings. The molecule has 1 aromatic rings. The van der Waals surface area contributed by atoms with Crippen LogP contribution in [-0.2, 0) is 14.3 Å². The highest BCUT2D eigenvalue weighted by Gasteiger charge is 2.45. The Morgan fingerprint density at radius 1 is 1.17 bits per heavy atom. The van der Waals surface area contributed by atoms with E-state index in [2.05, 4.69) is 0 Å². The van der Waals surface area contributed by atoms with Crippen molar-refractivity contribution >= 4 is 5.91 Å². The summed E-state index contributed by atoms with van der Waals surface area (Å²) in [5, 5.41) is 0. The van der Waals surface area contributed by atoms with Crippen molar-refractivity contribution in [2.24, 2.45) is 5.92 Å². The number of carbonyl (C=O) groups excluding carboxylic acids is 1. The molecule has 4 rings (SSSR count). The van der Waals surface area contributed by atoms with E-state index in [0.717, 1.165) is 51.1 Å². The van der Waals surface area contributed by atoms with Gasteiger partial charge in [-0.2, -0.15) is 0 Å². The Morgan fingerprint density at radius 2 is 1.96 bits per heavy atom. The van der Waals surface area contributed by atoms with Crippen LogP contribution in [0.15, 0.2) is 30.3 Å². The fraction of sp³-hybridized carbons (Fsp3) is 0.632. The van der Waals surface area contributed by atoms with Crippen molar-refractivity contribution in [3.8, 4) is 5.75 Å². The lowest BCUT2D eigenvalue weighted by Gasteiger charge is -2.39. The second kappa shape index (κ2) is 6.73. The summed E-state index contributed by atoms with van der Waals surface area (Å²) < 4.78 is 17.5. The standard InChI is InChI=1S/C19H25NO4/c21-18(15-6-11-22-13-15)20-9-7-19(8-10-20)12-17(14-23-19)24-16-4-2-1-3-5-16/h1-5,15,17H,6-14H2/t15-,17+/m0/s1. The van der Waals surface area contributed by atoms with Crippen molar-refractivity contribution in [2.45, 2.75) is 37.4 Å². The number of nitrogens with zero attached hydrogens (tertiary/aromatic N) is 1. The molecule has 5 heteroatoms. The first-order valence-electron chi connectivity index (χ1n) is 8.96. The molecule has 0 radical (unpaired) electrons. The predicted molar refractivity (Wildman–Crippen MR) is 88.9 cm³/mol. The van der Waals surface area contributed by atoms with E-state index in [4.69, 9.17) is 14.2 Å². The van der Waals surface area contributed by atoms with Crippen molar-refractivity contribution in [2.75, 3.05) is 32.9 Å². The lowest BCUT2D eigenvalue weighted by atomic mass is 9.87. The van der Waals surface area contributed by atoms with Crippen LogP contribution in [-0.4, -0.2) is 55.4 Å². The van der Waals surface area contributed by atoms with Crippen LogP contribution in [0.1, 0.15) is 25.7 Å².